The average molecular weight is 331 g/mol. The molecule has 24 heavy (non-hydrogen) atoms. The quantitative estimate of drug-likeness (QED) is 0.905. The molecule has 1 aliphatic rings. The Morgan fingerprint density at radius 1 is 1.46 bits per heavy atom. The Hall–Kier alpha value is -2.21. The minimum absolute atomic E-state index is 0.0681. The number of hydrogen-bond donors (Lipinski definition) is 2. The molecular formula is C18H22FN3O2. The van der Waals surface area contributed by atoms with Crippen molar-refractivity contribution in [2.45, 2.75) is 45.8 Å². The van der Waals surface area contributed by atoms with E-state index in [0.29, 0.717) is 25.1 Å². The van der Waals surface area contributed by atoms with E-state index in [4.69, 9.17) is 4.74 Å². The van der Waals surface area contributed by atoms with Crippen molar-refractivity contribution in [3.63, 3.8) is 0 Å². The van der Waals surface area contributed by atoms with E-state index in [-0.39, 0.29) is 23.9 Å². The monoisotopic (exact) mass is 331 g/mol. The summed E-state index contributed by atoms with van der Waals surface area (Å²) in [5, 5.41) is 9.99. The van der Waals surface area contributed by atoms with Gasteiger partial charge < -0.3 is 10.1 Å². The molecule has 128 valence electrons. The van der Waals surface area contributed by atoms with Crippen LogP contribution in [0.1, 0.15) is 52.8 Å². The van der Waals surface area contributed by atoms with E-state index in [2.05, 4.69) is 15.5 Å². The maximum absolute atomic E-state index is 13.1. The highest BCUT2D eigenvalue weighted by Gasteiger charge is 2.29. The molecule has 0 bridgehead atoms. The fourth-order valence-corrected chi connectivity index (χ4v) is 3.20. The fourth-order valence-electron chi connectivity index (χ4n) is 3.20. The smallest absolute Gasteiger partial charge is 0.272 e. The third kappa shape index (κ3) is 3.33. The molecule has 0 unspecified atom stereocenters. The third-order valence-corrected chi connectivity index (χ3v) is 4.43. The number of aromatic amines is 1. The van der Waals surface area contributed by atoms with Crippen LogP contribution in [0.25, 0.3) is 0 Å². The van der Waals surface area contributed by atoms with Crippen LogP contribution in [0.15, 0.2) is 18.2 Å². The first kappa shape index (κ1) is 16.6. The second kappa shape index (κ2) is 6.73. The lowest BCUT2D eigenvalue weighted by atomic mass is 9.99. The summed E-state index contributed by atoms with van der Waals surface area (Å²) < 4.78 is 18.8. The van der Waals surface area contributed by atoms with E-state index in [1.807, 2.05) is 20.8 Å². The Balaban J connectivity index is 1.64. The van der Waals surface area contributed by atoms with Gasteiger partial charge in [-0.05, 0) is 50.5 Å². The van der Waals surface area contributed by atoms with Crippen LogP contribution in [0.4, 0.5) is 4.39 Å². The molecule has 0 saturated heterocycles. The molecule has 1 amide bonds. The summed E-state index contributed by atoms with van der Waals surface area (Å²) in [4.78, 5) is 12.4. The van der Waals surface area contributed by atoms with E-state index >= 15 is 0 Å². The number of carbonyl (C=O) groups excluding carboxylic acids is 1. The summed E-state index contributed by atoms with van der Waals surface area (Å²) in [5.74, 6) is -0.428. The summed E-state index contributed by atoms with van der Waals surface area (Å²) in [6, 6.07) is 4.70. The van der Waals surface area contributed by atoms with Crippen LogP contribution in [0.2, 0.25) is 0 Å². The first-order valence-electron chi connectivity index (χ1n) is 8.21. The van der Waals surface area contributed by atoms with Gasteiger partial charge in [0, 0.05) is 18.5 Å². The zero-order valence-electron chi connectivity index (χ0n) is 14.1. The van der Waals surface area contributed by atoms with Gasteiger partial charge >= 0.3 is 0 Å². The number of ether oxygens (including phenoxy) is 1. The number of rotatable bonds is 4. The van der Waals surface area contributed by atoms with Crippen molar-refractivity contribution in [3.8, 4) is 0 Å². The van der Waals surface area contributed by atoms with E-state index < -0.39 is 0 Å². The summed E-state index contributed by atoms with van der Waals surface area (Å²) >= 11 is 0. The van der Waals surface area contributed by atoms with Crippen LogP contribution >= 0.6 is 0 Å². The van der Waals surface area contributed by atoms with Gasteiger partial charge in [0.15, 0.2) is 5.69 Å². The average Bonchev–Trinajstić information content (AvgIpc) is 2.93. The van der Waals surface area contributed by atoms with Crippen LogP contribution in [0.3, 0.4) is 0 Å². The number of H-pyrrole nitrogens is 1. The van der Waals surface area contributed by atoms with Crippen LogP contribution < -0.4 is 5.32 Å². The predicted molar refractivity (Wildman–Crippen MR) is 88.4 cm³/mol. The standard InChI is InChI=1S/C18H22FN3O2/c1-10-8-14(19)5-4-13(10)6-7-20-18(23)17-15-9-11(2)24-12(3)16(15)21-22-17/h4-5,8,11-12H,6-7,9H2,1-3H3,(H,20,23)(H,21,22)/t11-,12+/m1/s1. The highest BCUT2D eigenvalue weighted by Crippen LogP contribution is 2.29. The van der Waals surface area contributed by atoms with Gasteiger partial charge in [0.25, 0.3) is 5.91 Å². The van der Waals surface area contributed by atoms with Crippen molar-refractivity contribution in [1.29, 1.82) is 0 Å². The number of nitrogens with one attached hydrogen (secondary N) is 2. The second-order valence-electron chi connectivity index (χ2n) is 6.33. The van der Waals surface area contributed by atoms with Gasteiger partial charge in [-0.2, -0.15) is 5.10 Å². The SMILES string of the molecule is Cc1cc(F)ccc1CCNC(=O)c1n[nH]c2c1C[C@@H](C)O[C@H]2C. The molecule has 2 atom stereocenters. The van der Waals surface area contributed by atoms with Crippen molar-refractivity contribution in [2.24, 2.45) is 0 Å². The van der Waals surface area contributed by atoms with Gasteiger partial charge in [0.2, 0.25) is 0 Å². The van der Waals surface area contributed by atoms with Crippen LogP contribution in [-0.4, -0.2) is 28.8 Å². The molecule has 3 rings (SSSR count). The van der Waals surface area contributed by atoms with Crippen LogP contribution in [-0.2, 0) is 17.6 Å². The minimum Gasteiger partial charge on any atom is -0.369 e. The minimum atomic E-state index is -0.242. The summed E-state index contributed by atoms with van der Waals surface area (Å²) in [5.41, 5.74) is 4.18. The summed E-state index contributed by atoms with van der Waals surface area (Å²) in [7, 11) is 0. The largest absolute Gasteiger partial charge is 0.369 e. The number of nitrogens with zero attached hydrogens (tertiary/aromatic N) is 1. The number of halogens is 1. The van der Waals surface area contributed by atoms with Crippen molar-refractivity contribution in [3.05, 3.63) is 52.1 Å². The molecule has 0 fully saturated rings. The highest BCUT2D eigenvalue weighted by molar-refractivity contribution is 5.94. The maximum atomic E-state index is 13.1. The number of carbonyl (C=O) groups is 1. The molecule has 2 heterocycles. The molecule has 2 aromatic rings. The molecule has 2 N–H and O–H groups in total. The van der Waals surface area contributed by atoms with E-state index in [1.54, 1.807) is 6.07 Å². The zero-order chi connectivity index (χ0) is 17.3. The van der Waals surface area contributed by atoms with Crippen molar-refractivity contribution < 1.29 is 13.9 Å². The van der Waals surface area contributed by atoms with Crippen molar-refractivity contribution in [1.82, 2.24) is 15.5 Å². The van der Waals surface area contributed by atoms with Gasteiger partial charge in [-0.15, -0.1) is 0 Å². The number of benzene rings is 1. The molecule has 1 aliphatic heterocycles. The van der Waals surface area contributed by atoms with Gasteiger partial charge in [-0.25, -0.2) is 4.39 Å². The first-order valence-corrected chi connectivity index (χ1v) is 8.21. The molecule has 0 saturated carbocycles. The lowest BCUT2D eigenvalue weighted by Crippen LogP contribution is -2.29. The molecule has 1 aromatic heterocycles. The number of amides is 1. The van der Waals surface area contributed by atoms with Crippen molar-refractivity contribution >= 4 is 5.91 Å². The van der Waals surface area contributed by atoms with Gasteiger partial charge in [0.05, 0.1) is 17.9 Å². The maximum Gasteiger partial charge on any atom is 0.272 e. The number of aryl methyl sites for hydroxylation is 1. The molecular weight excluding hydrogens is 309 g/mol. The van der Waals surface area contributed by atoms with Crippen LogP contribution in [0, 0.1) is 12.7 Å². The van der Waals surface area contributed by atoms with Crippen LogP contribution in [0.5, 0.6) is 0 Å². The Morgan fingerprint density at radius 3 is 3.00 bits per heavy atom. The number of aromatic nitrogens is 2. The predicted octanol–water partition coefficient (Wildman–Crippen LogP) is 2.85. The lowest BCUT2D eigenvalue weighted by molar-refractivity contribution is -0.00697. The van der Waals surface area contributed by atoms with E-state index in [1.165, 1.54) is 12.1 Å². The Morgan fingerprint density at radius 2 is 2.25 bits per heavy atom. The molecule has 1 aromatic carbocycles. The molecule has 0 aliphatic carbocycles. The number of hydrogen-bond acceptors (Lipinski definition) is 3. The van der Waals surface area contributed by atoms with E-state index in [0.717, 1.165) is 22.4 Å². The zero-order valence-corrected chi connectivity index (χ0v) is 14.1. The fraction of sp³-hybridized carbons (Fsp3) is 0.444. The van der Waals surface area contributed by atoms with Crippen molar-refractivity contribution in [2.75, 3.05) is 6.54 Å². The molecule has 0 spiro atoms. The van der Waals surface area contributed by atoms with Gasteiger partial charge in [0.1, 0.15) is 5.82 Å². The number of fused-ring (bicyclic) bond motifs is 1. The van der Waals surface area contributed by atoms with E-state index in [9.17, 15) is 9.18 Å². The normalized spacial score (nSPS) is 19.8. The Labute approximate surface area is 140 Å². The summed E-state index contributed by atoms with van der Waals surface area (Å²) in [6.45, 7) is 6.29. The first-order chi connectivity index (χ1) is 11.5. The van der Waals surface area contributed by atoms with Gasteiger partial charge in [-0.1, -0.05) is 6.07 Å². The Kier molecular flexibility index (Phi) is 4.66. The molecule has 0 radical (unpaired) electrons. The molecule has 5 nitrogen and oxygen atoms in total. The molecule has 6 heteroatoms. The second-order valence-corrected chi connectivity index (χ2v) is 6.33. The summed E-state index contributed by atoms with van der Waals surface area (Å²) in [6.07, 6.45) is 1.31. The Bertz CT molecular complexity index is 757. The van der Waals surface area contributed by atoms with Gasteiger partial charge in [-0.3, -0.25) is 9.89 Å². The lowest BCUT2D eigenvalue weighted by Gasteiger charge is -2.25. The topological polar surface area (TPSA) is 67.0 Å². The highest BCUT2D eigenvalue weighted by atomic mass is 19.1. The third-order valence-electron chi connectivity index (χ3n) is 4.43.